The zero-order valence-electron chi connectivity index (χ0n) is 22.1. The van der Waals surface area contributed by atoms with Gasteiger partial charge >= 0.3 is 5.97 Å². The van der Waals surface area contributed by atoms with Crippen LogP contribution in [0.4, 0.5) is 0 Å². The summed E-state index contributed by atoms with van der Waals surface area (Å²) in [5.74, 6) is -1.27. The Morgan fingerprint density at radius 1 is 1.13 bits per heavy atom. The van der Waals surface area contributed by atoms with Gasteiger partial charge in [-0.05, 0) is 38.8 Å². The average Bonchev–Trinajstić information content (AvgIpc) is 3.36. The van der Waals surface area contributed by atoms with E-state index in [1.165, 1.54) is 29.6 Å². The Labute approximate surface area is 227 Å². The molecular weight excluding hydrogens is 510 g/mol. The van der Waals surface area contributed by atoms with Crippen LogP contribution in [0, 0.1) is 0 Å². The number of fused-ring (bicyclic) bond motifs is 2. The van der Waals surface area contributed by atoms with Gasteiger partial charge in [0, 0.05) is 23.8 Å². The summed E-state index contributed by atoms with van der Waals surface area (Å²) in [6.45, 7) is 7.02. The summed E-state index contributed by atoms with van der Waals surface area (Å²) in [6, 6.07) is 0. The molecule has 0 saturated heterocycles. The van der Waals surface area contributed by atoms with E-state index in [4.69, 9.17) is 4.74 Å². The molecule has 2 bridgehead atoms. The maximum Gasteiger partial charge on any atom is 0.331 e. The van der Waals surface area contributed by atoms with Crippen LogP contribution in [0.1, 0.15) is 57.2 Å². The fourth-order valence-corrected chi connectivity index (χ4v) is 4.68. The number of carbonyl (C=O) groups excluding carboxylic acids is 1. The number of nitrogens with zero attached hydrogens (tertiary/aromatic N) is 1. The first-order chi connectivity index (χ1) is 17.9. The van der Waals surface area contributed by atoms with E-state index < -0.39 is 48.7 Å². The Morgan fingerprint density at radius 2 is 1.84 bits per heavy atom. The Morgan fingerprint density at radius 3 is 2.53 bits per heavy atom. The highest BCUT2D eigenvalue weighted by atomic mass is 32.1. The number of aliphatic hydroxyl groups is 6. The molecular formula is C28H39NO8S. The van der Waals surface area contributed by atoms with Crippen molar-refractivity contribution >= 4 is 23.4 Å². The van der Waals surface area contributed by atoms with E-state index in [0.29, 0.717) is 16.3 Å². The molecule has 0 aliphatic carbocycles. The van der Waals surface area contributed by atoms with Crippen molar-refractivity contribution in [2.75, 3.05) is 0 Å². The van der Waals surface area contributed by atoms with Crippen LogP contribution in [-0.2, 0) is 9.53 Å². The molecule has 2 rings (SSSR count). The van der Waals surface area contributed by atoms with Crippen molar-refractivity contribution in [1.29, 1.82) is 0 Å². The van der Waals surface area contributed by atoms with Crippen LogP contribution in [-0.4, -0.2) is 84.3 Å². The first-order valence-electron chi connectivity index (χ1n) is 12.5. The van der Waals surface area contributed by atoms with Gasteiger partial charge in [0.2, 0.25) is 0 Å². The molecule has 0 unspecified atom stereocenters. The van der Waals surface area contributed by atoms with Crippen molar-refractivity contribution in [3.8, 4) is 0 Å². The molecule has 0 spiro atoms. The summed E-state index contributed by atoms with van der Waals surface area (Å²) < 4.78 is 5.34. The summed E-state index contributed by atoms with van der Waals surface area (Å²) >= 11 is 1.29. The number of cyclic esters (lactones) is 1. The third-order valence-electron chi connectivity index (χ3n) is 6.36. The van der Waals surface area contributed by atoms with E-state index in [9.17, 15) is 35.4 Å². The van der Waals surface area contributed by atoms with E-state index in [1.807, 2.05) is 19.9 Å². The van der Waals surface area contributed by atoms with Gasteiger partial charge in [-0.1, -0.05) is 49.0 Å². The largest absolute Gasteiger partial charge is 0.453 e. The van der Waals surface area contributed by atoms with E-state index in [1.54, 1.807) is 37.5 Å². The highest BCUT2D eigenvalue weighted by molar-refractivity contribution is 7.09. The van der Waals surface area contributed by atoms with Crippen molar-refractivity contribution in [3.05, 3.63) is 69.8 Å². The number of aliphatic hydroxyl groups excluding tert-OH is 6. The molecule has 9 nitrogen and oxygen atoms in total. The van der Waals surface area contributed by atoms with Crippen molar-refractivity contribution in [2.24, 2.45) is 0 Å². The normalized spacial score (nSPS) is 32.7. The third kappa shape index (κ3) is 9.39. The number of carbonyl (C=O) groups is 1. The number of allylic oxidation sites excluding steroid dienone is 5. The number of hydrogen-bond acceptors (Lipinski definition) is 10. The van der Waals surface area contributed by atoms with E-state index in [2.05, 4.69) is 4.98 Å². The monoisotopic (exact) mass is 549 g/mol. The number of ether oxygens (including phenoxy) is 1. The summed E-state index contributed by atoms with van der Waals surface area (Å²) in [4.78, 5) is 17.1. The molecule has 6 N–H and O–H groups in total. The van der Waals surface area contributed by atoms with E-state index in [-0.39, 0.29) is 18.8 Å². The van der Waals surface area contributed by atoms with Crippen LogP contribution in [0.3, 0.4) is 0 Å². The molecule has 0 amide bonds. The summed E-state index contributed by atoms with van der Waals surface area (Å²) in [7, 11) is 0. The van der Waals surface area contributed by atoms with Crippen molar-refractivity contribution in [3.63, 3.8) is 0 Å². The first kappa shape index (κ1) is 31.8. The zero-order valence-corrected chi connectivity index (χ0v) is 22.9. The molecule has 1 aromatic rings. The second-order valence-corrected chi connectivity index (χ2v) is 10.4. The van der Waals surface area contributed by atoms with Crippen LogP contribution in [0.5, 0.6) is 0 Å². The average molecular weight is 550 g/mol. The van der Waals surface area contributed by atoms with Crippen LogP contribution < -0.4 is 0 Å². The fraction of sp³-hybridized carbons (Fsp3) is 0.500. The molecule has 0 saturated carbocycles. The molecule has 8 atom stereocenters. The molecule has 1 aliphatic heterocycles. The lowest BCUT2D eigenvalue weighted by Gasteiger charge is -2.32. The Bertz CT molecular complexity index is 1060. The number of hydrogen-bond donors (Lipinski definition) is 6. The van der Waals surface area contributed by atoms with E-state index in [0.717, 1.165) is 11.6 Å². The molecule has 0 radical (unpaired) electrons. The highest BCUT2D eigenvalue weighted by Gasteiger charge is 2.38. The molecule has 210 valence electrons. The van der Waals surface area contributed by atoms with Crippen LogP contribution in [0.25, 0.3) is 6.08 Å². The number of rotatable bonds is 4. The van der Waals surface area contributed by atoms with Crippen LogP contribution >= 0.6 is 11.3 Å². The Balaban J connectivity index is 2.38. The molecule has 1 aliphatic rings. The second-order valence-electron chi connectivity index (χ2n) is 9.47. The van der Waals surface area contributed by atoms with Crippen molar-refractivity contribution < 1.29 is 40.2 Å². The number of esters is 1. The Kier molecular flexibility index (Phi) is 12.7. The van der Waals surface area contributed by atoms with Gasteiger partial charge in [0.25, 0.3) is 0 Å². The number of aromatic nitrogens is 1. The van der Waals surface area contributed by atoms with Crippen molar-refractivity contribution in [2.45, 2.75) is 89.2 Å². The molecule has 0 fully saturated rings. The maximum atomic E-state index is 12.6. The Hall–Kier alpha value is -2.44. The standard InChI is InChI=1S/C28H39NO8S/c1-5-16(2)13-17(3)24(34)26(36)27-25(35)21(31)10-8-6-7-9-20(30)14-22(32)18(4)28-29-19(15-38-28)11-12-23(33)37-27/h5-9,11-13,15,18,20-22,24-27,30-32,34-36H,10,14H2,1-4H3/b8-6-,9-7+,12-11+,16-5+,17-13+/t18-,20-,21+,22+,24-,25-,26+,27+/m1/s1. The van der Waals surface area contributed by atoms with Gasteiger partial charge in [0.05, 0.1) is 29.0 Å². The summed E-state index contributed by atoms with van der Waals surface area (Å²) in [5, 5.41) is 66.0. The summed E-state index contributed by atoms with van der Waals surface area (Å²) in [6.07, 6.45) is 2.27. The SMILES string of the molecule is C/C=C(C)/C=C(\C)[C@@H](O)[C@H](O)[C@H]1OC(=O)/C=C/c2csc(n2)[C@H](C)[C@@H](O)C[C@H](O)/C=C/C=C\C[C@H](O)[C@H]1O. The lowest BCUT2D eigenvalue weighted by Crippen LogP contribution is -2.51. The second kappa shape index (κ2) is 15.2. The van der Waals surface area contributed by atoms with E-state index >= 15 is 0 Å². The predicted octanol–water partition coefficient (Wildman–Crippen LogP) is 2.16. The summed E-state index contributed by atoms with van der Waals surface area (Å²) in [5.41, 5.74) is 1.65. The van der Waals surface area contributed by atoms with Crippen molar-refractivity contribution in [1.82, 2.24) is 4.98 Å². The smallest absolute Gasteiger partial charge is 0.331 e. The highest BCUT2D eigenvalue weighted by Crippen LogP contribution is 2.26. The van der Waals surface area contributed by atoms with Gasteiger partial charge in [-0.3, -0.25) is 0 Å². The molecule has 0 aromatic carbocycles. The first-order valence-corrected chi connectivity index (χ1v) is 13.4. The lowest BCUT2D eigenvalue weighted by molar-refractivity contribution is -0.173. The van der Waals surface area contributed by atoms with Gasteiger partial charge in [0.1, 0.15) is 18.3 Å². The van der Waals surface area contributed by atoms with Crippen LogP contribution in [0.2, 0.25) is 0 Å². The molecule has 38 heavy (non-hydrogen) atoms. The topological polar surface area (TPSA) is 161 Å². The van der Waals surface area contributed by atoms with Gasteiger partial charge in [-0.2, -0.15) is 0 Å². The molecule has 1 aromatic heterocycles. The molecule has 2 heterocycles. The quantitative estimate of drug-likeness (QED) is 0.244. The van der Waals surface area contributed by atoms with Gasteiger partial charge in [-0.25, -0.2) is 9.78 Å². The number of thiazole rings is 1. The third-order valence-corrected chi connectivity index (χ3v) is 7.42. The van der Waals surface area contributed by atoms with Crippen LogP contribution in [0.15, 0.2) is 59.1 Å². The zero-order chi connectivity index (χ0) is 28.4. The maximum absolute atomic E-state index is 12.6. The molecule has 10 heteroatoms. The predicted molar refractivity (Wildman–Crippen MR) is 146 cm³/mol. The fourth-order valence-electron chi connectivity index (χ4n) is 3.77. The van der Waals surface area contributed by atoms with Gasteiger partial charge in [0.15, 0.2) is 6.10 Å². The van der Waals surface area contributed by atoms with Gasteiger partial charge in [-0.15, -0.1) is 11.3 Å². The minimum atomic E-state index is -1.74. The minimum Gasteiger partial charge on any atom is -0.453 e. The minimum absolute atomic E-state index is 0.0677. The lowest BCUT2D eigenvalue weighted by atomic mass is 9.93. The van der Waals surface area contributed by atoms with Gasteiger partial charge < -0.3 is 35.4 Å².